The minimum Gasteiger partial charge on any atom is -0.508 e. The summed E-state index contributed by atoms with van der Waals surface area (Å²) < 4.78 is 5.46. The van der Waals surface area contributed by atoms with Gasteiger partial charge in [-0.1, -0.05) is 12.1 Å². The second-order valence-electron chi connectivity index (χ2n) is 4.49. The van der Waals surface area contributed by atoms with Crippen molar-refractivity contribution in [2.45, 2.75) is 0 Å². The first kappa shape index (κ1) is 12.9. The van der Waals surface area contributed by atoms with Gasteiger partial charge in [0.2, 0.25) is 5.75 Å². The molecule has 3 aromatic rings. The molecular formula is C15H10O6. The van der Waals surface area contributed by atoms with Gasteiger partial charge in [-0.2, -0.15) is 0 Å². The number of phenols is 4. The molecule has 0 saturated carbocycles. The van der Waals surface area contributed by atoms with Crippen molar-refractivity contribution in [2.24, 2.45) is 0 Å². The van der Waals surface area contributed by atoms with Crippen LogP contribution >= 0.6 is 0 Å². The lowest BCUT2D eigenvalue weighted by atomic mass is 10.1. The summed E-state index contributed by atoms with van der Waals surface area (Å²) in [5.74, 6) is -1.95. The topological polar surface area (TPSA) is 111 Å². The molecule has 1 heterocycles. The van der Waals surface area contributed by atoms with Crippen molar-refractivity contribution >= 4 is 11.0 Å². The van der Waals surface area contributed by atoms with Crippen LogP contribution in [0.5, 0.6) is 23.0 Å². The van der Waals surface area contributed by atoms with Crippen LogP contribution in [0.25, 0.3) is 22.3 Å². The fraction of sp³-hybridized carbons (Fsp3) is 0. The molecule has 0 spiro atoms. The third-order valence-corrected chi connectivity index (χ3v) is 3.08. The van der Waals surface area contributed by atoms with Gasteiger partial charge in [0.05, 0.1) is 0 Å². The lowest BCUT2D eigenvalue weighted by Crippen LogP contribution is -2.00. The fourth-order valence-corrected chi connectivity index (χ4v) is 2.08. The van der Waals surface area contributed by atoms with Gasteiger partial charge >= 0.3 is 0 Å². The molecular weight excluding hydrogens is 276 g/mol. The second-order valence-corrected chi connectivity index (χ2v) is 4.49. The molecule has 0 amide bonds. The van der Waals surface area contributed by atoms with Gasteiger partial charge in [0, 0.05) is 17.7 Å². The zero-order chi connectivity index (χ0) is 15.1. The standard InChI is InChI=1S/C15H10O6/c16-8-3-1-2-7(4-8)11-5-9(17)13-12(21-11)6-10(18)14(19)15(13)20/h1-6,16,18-20H. The molecule has 0 atom stereocenters. The molecule has 6 nitrogen and oxygen atoms in total. The van der Waals surface area contributed by atoms with Crippen LogP contribution in [0.4, 0.5) is 0 Å². The predicted molar refractivity (Wildman–Crippen MR) is 74.6 cm³/mol. The fourth-order valence-electron chi connectivity index (χ4n) is 2.08. The minimum absolute atomic E-state index is 0.00615. The van der Waals surface area contributed by atoms with E-state index in [0.717, 1.165) is 12.1 Å². The second kappa shape index (κ2) is 4.45. The van der Waals surface area contributed by atoms with E-state index in [4.69, 9.17) is 4.42 Å². The van der Waals surface area contributed by atoms with Crippen molar-refractivity contribution in [2.75, 3.05) is 0 Å². The Hall–Kier alpha value is -3.15. The molecule has 0 aliphatic rings. The number of phenolic OH excluding ortho intramolecular Hbond substituents is 4. The van der Waals surface area contributed by atoms with Gasteiger partial charge in [-0.15, -0.1) is 0 Å². The number of hydrogen-bond acceptors (Lipinski definition) is 6. The van der Waals surface area contributed by atoms with Crippen LogP contribution in [0.3, 0.4) is 0 Å². The van der Waals surface area contributed by atoms with Gasteiger partial charge in [-0.05, 0) is 12.1 Å². The quantitative estimate of drug-likeness (QED) is 0.511. The highest BCUT2D eigenvalue weighted by Crippen LogP contribution is 2.40. The van der Waals surface area contributed by atoms with Gasteiger partial charge in [0.15, 0.2) is 16.9 Å². The van der Waals surface area contributed by atoms with Gasteiger partial charge in [-0.3, -0.25) is 4.79 Å². The largest absolute Gasteiger partial charge is 0.508 e. The van der Waals surface area contributed by atoms with E-state index in [-0.39, 0.29) is 22.5 Å². The van der Waals surface area contributed by atoms with Gasteiger partial charge in [0.1, 0.15) is 22.5 Å². The van der Waals surface area contributed by atoms with Gasteiger partial charge < -0.3 is 24.8 Å². The first-order valence-corrected chi connectivity index (χ1v) is 5.98. The van der Waals surface area contributed by atoms with Crippen molar-refractivity contribution in [1.29, 1.82) is 0 Å². The number of rotatable bonds is 1. The summed E-state index contributed by atoms with van der Waals surface area (Å²) in [6.07, 6.45) is 0. The highest BCUT2D eigenvalue weighted by Gasteiger charge is 2.17. The van der Waals surface area contributed by atoms with E-state index in [9.17, 15) is 25.2 Å². The first-order chi connectivity index (χ1) is 9.97. The van der Waals surface area contributed by atoms with E-state index in [0.29, 0.717) is 5.56 Å². The molecule has 0 radical (unpaired) electrons. The highest BCUT2D eigenvalue weighted by molar-refractivity contribution is 5.89. The van der Waals surface area contributed by atoms with Crippen molar-refractivity contribution in [3.05, 3.63) is 46.6 Å². The van der Waals surface area contributed by atoms with Crippen LogP contribution in [0, 0.1) is 0 Å². The van der Waals surface area contributed by atoms with Crippen LogP contribution in [0.2, 0.25) is 0 Å². The average molecular weight is 286 g/mol. The number of benzene rings is 2. The molecule has 1 aromatic heterocycles. The Morgan fingerprint density at radius 3 is 2.38 bits per heavy atom. The lowest BCUT2D eigenvalue weighted by molar-refractivity contribution is 0.370. The third kappa shape index (κ3) is 2.02. The Labute approximate surface area is 117 Å². The zero-order valence-corrected chi connectivity index (χ0v) is 10.6. The molecule has 6 heteroatoms. The van der Waals surface area contributed by atoms with Crippen LogP contribution in [-0.2, 0) is 0 Å². The zero-order valence-electron chi connectivity index (χ0n) is 10.6. The van der Waals surface area contributed by atoms with Crippen molar-refractivity contribution in [1.82, 2.24) is 0 Å². The maximum Gasteiger partial charge on any atom is 0.201 e. The number of hydrogen-bond donors (Lipinski definition) is 4. The summed E-state index contributed by atoms with van der Waals surface area (Å²) in [7, 11) is 0. The van der Waals surface area contributed by atoms with E-state index in [1.54, 1.807) is 12.1 Å². The Balaban J connectivity index is 2.34. The smallest absolute Gasteiger partial charge is 0.201 e. The maximum atomic E-state index is 12.1. The molecule has 0 saturated heterocycles. The Morgan fingerprint density at radius 1 is 0.905 bits per heavy atom. The molecule has 0 aliphatic heterocycles. The first-order valence-electron chi connectivity index (χ1n) is 5.98. The Morgan fingerprint density at radius 2 is 1.67 bits per heavy atom. The van der Waals surface area contributed by atoms with Crippen LogP contribution in [0.1, 0.15) is 0 Å². The van der Waals surface area contributed by atoms with Crippen molar-refractivity contribution < 1.29 is 24.8 Å². The summed E-state index contributed by atoms with van der Waals surface area (Å²) in [6.45, 7) is 0. The molecule has 3 rings (SSSR count). The van der Waals surface area contributed by atoms with E-state index < -0.39 is 22.7 Å². The molecule has 0 aliphatic carbocycles. The molecule has 0 bridgehead atoms. The predicted octanol–water partition coefficient (Wildman–Crippen LogP) is 2.28. The summed E-state index contributed by atoms with van der Waals surface area (Å²) in [5, 5.41) is 37.9. The van der Waals surface area contributed by atoms with Gasteiger partial charge in [0.25, 0.3) is 0 Å². The molecule has 0 fully saturated rings. The minimum atomic E-state index is -0.778. The van der Waals surface area contributed by atoms with Crippen LogP contribution < -0.4 is 5.43 Å². The van der Waals surface area contributed by atoms with Crippen LogP contribution in [-0.4, -0.2) is 20.4 Å². The van der Waals surface area contributed by atoms with Crippen molar-refractivity contribution in [3.8, 4) is 34.3 Å². The molecule has 2 aromatic carbocycles. The number of aromatic hydroxyl groups is 4. The maximum absolute atomic E-state index is 12.1. The SMILES string of the molecule is O=c1cc(-c2cccc(O)c2)oc2cc(O)c(O)c(O)c12. The van der Waals surface area contributed by atoms with E-state index >= 15 is 0 Å². The lowest BCUT2D eigenvalue weighted by Gasteiger charge is -2.07. The van der Waals surface area contributed by atoms with Crippen LogP contribution in [0.15, 0.2) is 45.6 Å². The Bertz CT molecular complexity index is 910. The highest BCUT2D eigenvalue weighted by atomic mass is 16.3. The van der Waals surface area contributed by atoms with Crippen molar-refractivity contribution in [3.63, 3.8) is 0 Å². The third-order valence-electron chi connectivity index (χ3n) is 3.08. The normalized spacial score (nSPS) is 10.9. The summed E-state index contributed by atoms with van der Waals surface area (Å²) in [5.41, 5.74) is -0.197. The van der Waals surface area contributed by atoms with Gasteiger partial charge in [-0.25, -0.2) is 0 Å². The summed E-state index contributed by atoms with van der Waals surface area (Å²) in [4.78, 5) is 12.1. The summed E-state index contributed by atoms with van der Waals surface area (Å²) >= 11 is 0. The number of fused-ring (bicyclic) bond motifs is 1. The van der Waals surface area contributed by atoms with E-state index in [1.165, 1.54) is 12.1 Å². The Kier molecular flexibility index (Phi) is 2.72. The molecule has 4 N–H and O–H groups in total. The monoisotopic (exact) mass is 286 g/mol. The molecule has 0 unspecified atom stereocenters. The van der Waals surface area contributed by atoms with E-state index in [2.05, 4.69) is 0 Å². The summed E-state index contributed by atoms with van der Waals surface area (Å²) in [6, 6.07) is 8.26. The molecule has 21 heavy (non-hydrogen) atoms. The average Bonchev–Trinajstić information content (AvgIpc) is 2.44. The van der Waals surface area contributed by atoms with E-state index in [1.807, 2.05) is 0 Å². The molecule has 106 valence electrons.